The number of carbonyl (C=O) groups is 4. The number of alkyl carbamates (subject to hydrolysis) is 1. The number of benzene rings is 2. The van der Waals surface area contributed by atoms with Crippen molar-refractivity contribution < 1.29 is 28.3 Å². The fraction of sp³-hybridized carbons (Fsp3) is 0.448. The van der Waals surface area contributed by atoms with Gasteiger partial charge in [0.05, 0.1) is 6.54 Å². The molecule has 4 amide bonds. The Morgan fingerprint density at radius 2 is 1.59 bits per heavy atom. The molecule has 3 rings (SSSR count). The average molecular weight is 541 g/mol. The molecule has 0 spiro atoms. The average Bonchev–Trinajstić information content (AvgIpc) is 2.90. The molecule has 2 aromatic carbocycles. The summed E-state index contributed by atoms with van der Waals surface area (Å²) in [5, 5.41) is 8.06. The van der Waals surface area contributed by atoms with Gasteiger partial charge in [-0.05, 0) is 56.9 Å². The van der Waals surface area contributed by atoms with Gasteiger partial charge in [0.2, 0.25) is 17.7 Å². The van der Waals surface area contributed by atoms with Crippen LogP contribution in [-0.2, 0) is 32.1 Å². The van der Waals surface area contributed by atoms with Crippen LogP contribution in [0, 0.1) is 11.7 Å². The third-order valence-corrected chi connectivity index (χ3v) is 6.28. The molecule has 1 unspecified atom stereocenters. The Hall–Kier alpha value is -3.95. The molecule has 1 fully saturated rings. The molecule has 1 aliphatic heterocycles. The first-order valence-electron chi connectivity index (χ1n) is 13.1. The highest BCUT2D eigenvalue weighted by atomic mass is 19.1. The monoisotopic (exact) mass is 540 g/mol. The van der Waals surface area contributed by atoms with Gasteiger partial charge in [-0.2, -0.15) is 0 Å². The summed E-state index contributed by atoms with van der Waals surface area (Å²) in [5.41, 5.74) is 0.951. The molecule has 2 aromatic rings. The molecule has 0 saturated carbocycles. The zero-order valence-corrected chi connectivity index (χ0v) is 22.7. The Kier molecular flexibility index (Phi) is 10.4. The normalized spacial score (nSPS) is 14.7. The van der Waals surface area contributed by atoms with Crippen molar-refractivity contribution in [3.05, 3.63) is 71.5 Å². The second-order valence-corrected chi connectivity index (χ2v) is 10.6. The van der Waals surface area contributed by atoms with Gasteiger partial charge in [-0.25, -0.2) is 9.18 Å². The highest BCUT2D eigenvalue weighted by Gasteiger charge is 2.32. The fourth-order valence-corrected chi connectivity index (χ4v) is 4.26. The van der Waals surface area contributed by atoms with Gasteiger partial charge in [0, 0.05) is 32.0 Å². The standard InChI is InChI=1S/C29H37FN4O5/c1-29(2,3)39-28(38)33-24(17-20-7-5-4-6-8-20)27(37)34-15-13-22(14-16-34)26(36)32-19-25(35)31-18-21-9-11-23(30)12-10-21/h4-12,22,24H,13-19H2,1-3H3,(H,31,35)(H,32,36)(H,33,38). The predicted octanol–water partition coefficient (Wildman–Crippen LogP) is 2.93. The van der Waals surface area contributed by atoms with Crippen molar-refractivity contribution in [1.29, 1.82) is 0 Å². The Morgan fingerprint density at radius 3 is 2.21 bits per heavy atom. The predicted molar refractivity (Wildman–Crippen MR) is 144 cm³/mol. The summed E-state index contributed by atoms with van der Waals surface area (Å²) >= 11 is 0. The molecule has 1 atom stereocenters. The minimum absolute atomic E-state index is 0.169. The van der Waals surface area contributed by atoms with Crippen LogP contribution in [0.15, 0.2) is 54.6 Å². The van der Waals surface area contributed by atoms with Gasteiger partial charge in [0.15, 0.2) is 0 Å². The van der Waals surface area contributed by atoms with E-state index < -0.39 is 17.7 Å². The first kappa shape index (κ1) is 29.6. The van der Waals surface area contributed by atoms with E-state index in [9.17, 15) is 23.6 Å². The lowest BCUT2D eigenvalue weighted by Gasteiger charge is -2.34. The number of ether oxygens (including phenoxy) is 1. The summed E-state index contributed by atoms with van der Waals surface area (Å²) < 4.78 is 18.4. The first-order valence-corrected chi connectivity index (χ1v) is 13.1. The van der Waals surface area contributed by atoms with Gasteiger partial charge in [0.1, 0.15) is 17.5 Å². The zero-order valence-electron chi connectivity index (χ0n) is 22.7. The quantitative estimate of drug-likeness (QED) is 0.452. The van der Waals surface area contributed by atoms with Crippen LogP contribution in [0.2, 0.25) is 0 Å². The third kappa shape index (κ3) is 10.0. The van der Waals surface area contributed by atoms with Gasteiger partial charge in [-0.15, -0.1) is 0 Å². The van der Waals surface area contributed by atoms with E-state index in [1.165, 1.54) is 12.1 Å². The molecule has 39 heavy (non-hydrogen) atoms. The minimum atomic E-state index is -0.808. The van der Waals surface area contributed by atoms with Gasteiger partial charge in [-0.1, -0.05) is 42.5 Å². The van der Waals surface area contributed by atoms with E-state index in [-0.39, 0.29) is 42.5 Å². The van der Waals surface area contributed by atoms with Crippen molar-refractivity contribution in [3.63, 3.8) is 0 Å². The van der Waals surface area contributed by atoms with Crippen molar-refractivity contribution >= 4 is 23.8 Å². The number of hydrogen-bond acceptors (Lipinski definition) is 5. The van der Waals surface area contributed by atoms with Crippen LogP contribution in [0.25, 0.3) is 0 Å². The van der Waals surface area contributed by atoms with Crippen molar-refractivity contribution in [2.75, 3.05) is 19.6 Å². The van der Waals surface area contributed by atoms with Crippen molar-refractivity contribution in [2.24, 2.45) is 5.92 Å². The molecule has 210 valence electrons. The van der Waals surface area contributed by atoms with Gasteiger partial charge in [0.25, 0.3) is 0 Å². The van der Waals surface area contributed by atoms with Crippen LogP contribution in [0.1, 0.15) is 44.7 Å². The van der Waals surface area contributed by atoms with Crippen molar-refractivity contribution in [2.45, 2.75) is 58.2 Å². The molecule has 0 aromatic heterocycles. The van der Waals surface area contributed by atoms with Crippen LogP contribution in [-0.4, -0.2) is 60.0 Å². The third-order valence-electron chi connectivity index (χ3n) is 6.28. The molecule has 0 aliphatic carbocycles. The van der Waals surface area contributed by atoms with E-state index in [4.69, 9.17) is 4.74 Å². The van der Waals surface area contributed by atoms with E-state index in [1.807, 2.05) is 30.3 Å². The summed E-state index contributed by atoms with van der Waals surface area (Å²) in [6.45, 7) is 6.04. The molecule has 1 saturated heterocycles. The van der Waals surface area contributed by atoms with Crippen LogP contribution in [0.5, 0.6) is 0 Å². The van der Waals surface area contributed by atoms with Crippen molar-refractivity contribution in [3.8, 4) is 0 Å². The lowest BCUT2D eigenvalue weighted by Crippen LogP contribution is -2.53. The highest BCUT2D eigenvalue weighted by Crippen LogP contribution is 2.19. The van der Waals surface area contributed by atoms with E-state index in [0.29, 0.717) is 32.4 Å². The number of carbonyl (C=O) groups excluding carboxylic acids is 4. The molecule has 0 radical (unpaired) electrons. The number of rotatable bonds is 9. The summed E-state index contributed by atoms with van der Waals surface area (Å²) in [7, 11) is 0. The number of piperidine rings is 1. The Balaban J connectivity index is 1.48. The molecule has 9 nitrogen and oxygen atoms in total. The first-order chi connectivity index (χ1) is 18.5. The number of halogens is 1. The van der Waals surface area contributed by atoms with Crippen molar-refractivity contribution in [1.82, 2.24) is 20.9 Å². The molecular weight excluding hydrogens is 503 g/mol. The Bertz CT molecular complexity index is 1130. The molecular formula is C29H37FN4O5. The highest BCUT2D eigenvalue weighted by molar-refractivity contribution is 5.87. The van der Waals surface area contributed by atoms with Crippen LogP contribution < -0.4 is 16.0 Å². The number of amides is 4. The van der Waals surface area contributed by atoms with Gasteiger partial charge >= 0.3 is 6.09 Å². The van der Waals surface area contributed by atoms with E-state index in [0.717, 1.165) is 11.1 Å². The second-order valence-electron chi connectivity index (χ2n) is 10.6. The fourth-order valence-electron chi connectivity index (χ4n) is 4.26. The summed E-state index contributed by atoms with van der Waals surface area (Å²) in [6.07, 6.45) is 0.536. The number of hydrogen-bond donors (Lipinski definition) is 3. The smallest absolute Gasteiger partial charge is 0.408 e. The van der Waals surface area contributed by atoms with E-state index in [1.54, 1.807) is 37.8 Å². The number of nitrogens with one attached hydrogen (secondary N) is 3. The lowest BCUT2D eigenvalue weighted by atomic mass is 9.95. The maximum Gasteiger partial charge on any atom is 0.408 e. The topological polar surface area (TPSA) is 117 Å². The summed E-state index contributed by atoms with van der Waals surface area (Å²) in [6, 6.07) is 14.4. The van der Waals surface area contributed by atoms with Crippen LogP contribution in [0.4, 0.5) is 9.18 Å². The molecule has 1 aliphatic rings. The van der Waals surface area contributed by atoms with E-state index >= 15 is 0 Å². The van der Waals surface area contributed by atoms with E-state index in [2.05, 4.69) is 16.0 Å². The van der Waals surface area contributed by atoms with Crippen LogP contribution >= 0.6 is 0 Å². The maximum atomic E-state index is 13.4. The Morgan fingerprint density at radius 1 is 0.949 bits per heavy atom. The molecule has 0 bridgehead atoms. The second kappa shape index (κ2) is 13.7. The van der Waals surface area contributed by atoms with Gasteiger partial charge in [-0.3, -0.25) is 14.4 Å². The maximum absolute atomic E-state index is 13.4. The molecule has 1 heterocycles. The molecule has 3 N–H and O–H groups in total. The molecule has 10 heteroatoms. The SMILES string of the molecule is CC(C)(C)OC(=O)NC(Cc1ccccc1)C(=O)N1CCC(C(=O)NCC(=O)NCc2ccc(F)cc2)CC1. The Labute approximate surface area is 228 Å². The number of nitrogens with zero attached hydrogens (tertiary/aromatic N) is 1. The van der Waals surface area contributed by atoms with Gasteiger partial charge < -0.3 is 25.6 Å². The minimum Gasteiger partial charge on any atom is -0.444 e. The summed E-state index contributed by atoms with van der Waals surface area (Å²) in [4.78, 5) is 52.2. The van der Waals surface area contributed by atoms with Crippen LogP contribution in [0.3, 0.4) is 0 Å². The lowest BCUT2D eigenvalue weighted by molar-refractivity contribution is -0.137. The number of likely N-dealkylation sites (tertiary alicyclic amines) is 1. The zero-order chi connectivity index (χ0) is 28.4. The largest absolute Gasteiger partial charge is 0.444 e. The summed E-state index contributed by atoms with van der Waals surface area (Å²) in [5.74, 6) is -1.51.